The highest BCUT2D eigenvalue weighted by Gasteiger charge is 2.01. The van der Waals surface area contributed by atoms with Crippen LogP contribution in [0.5, 0.6) is 0 Å². The molecular weight excluding hydrogens is 178 g/mol. The number of nitrogens with zero attached hydrogens (tertiary/aromatic N) is 3. The minimum atomic E-state index is -0.146. The molecule has 0 aliphatic rings. The average Bonchev–Trinajstić information content (AvgIpc) is 2.23. The second kappa shape index (κ2) is 2.96. The van der Waals surface area contributed by atoms with E-state index < -0.39 is 0 Å². The van der Waals surface area contributed by atoms with Crippen LogP contribution in [0.25, 0.3) is 10.8 Å². The minimum absolute atomic E-state index is 0.146. The van der Waals surface area contributed by atoms with Crippen molar-refractivity contribution in [2.75, 3.05) is 0 Å². The van der Waals surface area contributed by atoms with Crippen LogP contribution in [0, 0.1) is 11.3 Å². The lowest BCUT2D eigenvalue weighted by atomic mass is 10.1. The first-order valence-electron chi connectivity index (χ1n) is 4.08. The van der Waals surface area contributed by atoms with Gasteiger partial charge in [-0.1, -0.05) is 0 Å². The summed E-state index contributed by atoms with van der Waals surface area (Å²) in [4.78, 5) is 11.5. The number of benzene rings is 1. The zero-order valence-electron chi connectivity index (χ0n) is 7.56. The van der Waals surface area contributed by atoms with Crippen molar-refractivity contribution in [3.8, 4) is 6.07 Å². The molecule has 0 N–H and O–H groups in total. The van der Waals surface area contributed by atoms with E-state index in [2.05, 4.69) is 5.10 Å². The summed E-state index contributed by atoms with van der Waals surface area (Å²) >= 11 is 0. The lowest BCUT2D eigenvalue weighted by molar-refractivity contribution is 0.718. The Balaban J connectivity index is 2.90. The Bertz CT molecular complexity index is 592. The van der Waals surface area contributed by atoms with Crippen LogP contribution in [-0.4, -0.2) is 9.78 Å². The standard InChI is InChI=1S/C10H7N3O/c1-13-10(14)9-3-2-7(5-11)4-8(9)6-12-13/h2-4,6H,1H3. The summed E-state index contributed by atoms with van der Waals surface area (Å²) in [5.41, 5.74) is 0.388. The Morgan fingerprint density at radius 2 is 2.29 bits per heavy atom. The molecule has 0 amide bonds. The van der Waals surface area contributed by atoms with Gasteiger partial charge in [0, 0.05) is 12.4 Å². The fourth-order valence-corrected chi connectivity index (χ4v) is 1.31. The summed E-state index contributed by atoms with van der Waals surface area (Å²) in [5, 5.41) is 13.8. The number of aromatic nitrogens is 2. The van der Waals surface area contributed by atoms with E-state index in [4.69, 9.17) is 5.26 Å². The SMILES string of the molecule is Cn1ncc2cc(C#N)ccc2c1=O. The largest absolute Gasteiger partial charge is 0.274 e. The van der Waals surface area contributed by atoms with Crippen molar-refractivity contribution in [3.05, 3.63) is 40.3 Å². The molecule has 14 heavy (non-hydrogen) atoms. The molecule has 4 nitrogen and oxygen atoms in total. The van der Waals surface area contributed by atoms with E-state index in [1.165, 1.54) is 4.68 Å². The van der Waals surface area contributed by atoms with Crippen molar-refractivity contribution < 1.29 is 0 Å². The Labute approximate surface area is 80.0 Å². The van der Waals surface area contributed by atoms with Gasteiger partial charge >= 0.3 is 0 Å². The van der Waals surface area contributed by atoms with Gasteiger partial charge in [0.1, 0.15) is 0 Å². The van der Waals surface area contributed by atoms with Crippen molar-refractivity contribution in [2.45, 2.75) is 0 Å². The van der Waals surface area contributed by atoms with E-state index in [1.807, 2.05) is 6.07 Å². The molecule has 0 saturated heterocycles. The number of rotatable bonds is 0. The number of nitriles is 1. The van der Waals surface area contributed by atoms with Crippen LogP contribution in [-0.2, 0) is 7.05 Å². The topological polar surface area (TPSA) is 58.7 Å². The second-order valence-corrected chi connectivity index (χ2v) is 2.99. The highest BCUT2D eigenvalue weighted by atomic mass is 16.1. The summed E-state index contributed by atoms with van der Waals surface area (Å²) in [6.07, 6.45) is 1.58. The maximum Gasteiger partial charge on any atom is 0.274 e. The third-order valence-electron chi connectivity index (χ3n) is 2.08. The van der Waals surface area contributed by atoms with Crippen LogP contribution in [0.3, 0.4) is 0 Å². The normalized spacial score (nSPS) is 10.0. The maximum absolute atomic E-state index is 11.5. The summed E-state index contributed by atoms with van der Waals surface area (Å²) in [5.74, 6) is 0. The fraction of sp³-hybridized carbons (Fsp3) is 0.100. The molecule has 0 aliphatic carbocycles. The third-order valence-corrected chi connectivity index (χ3v) is 2.08. The van der Waals surface area contributed by atoms with Gasteiger partial charge in [-0.25, -0.2) is 4.68 Å². The number of aryl methyl sites for hydroxylation is 1. The van der Waals surface area contributed by atoms with Crippen LogP contribution in [0.2, 0.25) is 0 Å². The first kappa shape index (κ1) is 8.45. The van der Waals surface area contributed by atoms with E-state index >= 15 is 0 Å². The molecule has 0 atom stereocenters. The zero-order chi connectivity index (χ0) is 10.1. The number of fused-ring (bicyclic) bond motifs is 1. The molecule has 68 valence electrons. The molecule has 0 bridgehead atoms. The van der Waals surface area contributed by atoms with Crippen LogP contribution in [0.1, 0.15) is 5.56 Å². The Morgan fingerprint density at radius 3 is 3.00 bits per heavy atom. The van der Waals surface area contributed by atoms with Gasteiger partial charge in [-0.2, -0.15) is 10.4 Å². The van der Waals surface area contributed by atoms with Gasteiger partial charge in [0.15, 0.2) is 0 Å². The predicted octanol–water partition coefficient (Wildman–Crippen LogP) is 0.805. The molecule has 1 heterocycles. The summed E-state index contributed by atoms with van der Waals surface area (Å²) in [6.45, 7) is 0. The van der Waals surface area contributed by atoms with Crippen LogP contribution >= 0.6 is 0 Å². The molecule has 1 aromatic carbocycles. The molecule has 2 rings (SSSR count). The Hall–Kier alpha value is -2.15. The molecule has 0 saturated carbocycles. The van der Waals surface area contributed by atoms with Gasteiger partial charge in [-0.3, -0.25) is 4.79 Å². The van der Waals surface area contributed by atoms with Crippen molar-refractivity contribution in [3.63, 3.8) is 0 Å². The third kappa shape index (κ3) is 1.15. The van der Waals surface area contributed by atoms with E-state index in [-0.39, 0.29) is 5.56 Å². The molecule has 1 aromatic heterocycles. The van der Waals surface area contributed by atoms with E-state index in [0.717, 1.165) is 0 Å². The maximum atomic E-state index is 11.5. The molecule has 0 fully saturated rings. The van der Waals surface area contributed by atoms with Gasteiger partial charge in [0.05, 0.1) is 23.2 Å². The molecule has 4 heteroatoms. The predicted molar refractivity (Wildman–Crippen MR) is 51.7 cm³/mol. The average molecular weight is 185 g/mol. The van der Waals surface area contributed by atoms with Crippen molar-refractivity contribution in [2.24, 2.45) is 7.05 Å². The van der Waals surface area contributed by atoms with E-state index in [1.54, 1.807) is 31.4 Å². The molecule has 0 radical (unpaired) electrons. The first-order chi connectivity index (χ1) is 6.72. The monoisotopic (exact) mass is 185 g/mol. The van der Waals surface area contributed by atoms with Gasteiger partial charge in [0.25, 0.3) is 5.56 Å². The van der Waals surface area contributed by atoms with Gasteiger partial charge in [-0.05, 0) is 18.2 Å². The van der Waals surface area contributed by atoms with Crippen LogP contribution in [0.4, 0.5) is 0 Å². The molecule has 2 aromatic rings. The minimum Gasteiger partial charge on any atom is -0.267 e. The van der Waals surface area contributed by atoms with E-state index in [9.17, 15) is 4.79 Å². The van der Waals surface area contributed by atoms with Crippen molar-refractivity contribution >= 4 is 10.8 Å². The number of hydrogen-bond acceptors (Lipinski definition) is 3. The quantitative estimate of drug-likeness (QED) is 0.610. The van der Waals surface area contributed by atoms with Crippen molar-refractivity contribution in [1.82, 2.24) is 9.78 Å². The lowest BCUT2D eigenvalue weighted by Gasteiger charge is -1.99. The Morgan fingerprint density at radius 1 is 1.50 bits per heavy atom. The van der Waals surface area contributed by atoms with E-state index in [0.29, 0.717) is 16.3 Å². The van der Waals surface area contributed by atoms with Gasteiger partial charge in [0.2, 0.25) is 0 Å². The van der Waals surface area contributed by atoms with Gasteiger partial charge < -0.3 is 0 Å². The summed E-state index contributed by atoms with van der Waals surface area (Å²) in [6, 6.07) is 6.95. The van der Waals surface area contributed by atoms with Crippen molar-refractivity contribution in [1.29, 1.82) is 5.26 Å². The summed E-state index contributed by atoms with van der Waals surface area (Å²) in [7, 11) is 1.60. The zero-order valence-corrected chi connectivity index (χ0v) is 7.56. The Kier molecular flexibility index (Phi) is 1.79. The van der Waals surface area contributed by atoms with Crippen LogP contribution in [0.15, 0.2) is 29.2 Å². The highest BCUT2D eigenvalue weighted by Crippen LogP contribution is 2.09. The summed E-state index contributed by atoms with van der Waals surface area (Å²) < 4.78 is 1.27. The first-order valence-corrected chi connectivity index (χ1v) is 4.08. The fourth-order valence-electron chi connectivity index (χ4n) is 1.31. The molecule has 0 unspecified atom stereocenters. The van der Waals surface area contributed by atoms with Crippen LogP contribution < -0.4 is 5.56 Å². The second-order valence-electron chi connectivity index (χ2n) is 2.99. The number of hydrogen-bond donors (Lipinski definition) is 0. The lowest BCUT2D eigenvalue weighted by Crippen LogP contribution is -2.18. The molecule has 0 aliphatic heterocycles. The molecular formula is C10H7N3O. The highest BCUT2D eigenvalue weighted by molar-refractivity contribution is 5.81. The van der Waals surface area contributed by atoms with Gasteiger partial charge in [-0.15, -0.1) is 0 Å². The smallest absolute Gasteiger partial charge is 0.267 e. The molecule has 0 spiro atoms.